The molecule has 0 saturated carbocycles. The van der Waals surface area contributed by atoms with Gasteiger partial charge in [-0.2, -0.15) is 0 Å². The average molecular weight is 419 g/mol. The largest absolute Gasteiger partial charge is 0.480 e. The lowest BCUT2D eigenvalue weighted by Crippen LogP contribution is -2.48. The quantitative estimate of drug-likeness (QED) is 0.175. The first-order valence-corrected chi connectivity index (χ1v) is 9.19. The summed E-state index contributed by atoms with van der Waals surface area (Å²) < 4.78 is 9.35. The molecular formula is C17H29N3O9. The van der Waals surface area contributed by atoms with Gasteiger partial charge in [0.2, 0.25) is 17.7 Å². The predicted molar refractivity (Wildman–Crippen MR) is 99.0 cm³/mol. The van der Waals surface area contributed by atoms with Crippen molar-refractivity contribution >= 4 is 29.7 Å². The van der Waals surface area contributed by atoms with Gasteiger partial charge in [0.1, 0.15) is 32.5 Å². The number of nitrogens with one attached hydrogen (secondary N) is 3. The summed E-state index contributed by atoms with van der Waals surface area (Å²) in [7, 11) is 0. The molecule has 0 aliphatic carbocycles. The van der Waals surface area contributed by atoms with Gasteiger partial charge in [-0.25, -0.2) is 9.59 Å². The molecule has 0 radical (unpaired) electrons. The number of carboxylic acid groups (broad SMARTS) is 2. The molecule has 29 heavy (non-hydrogen) atoms. The van der Waals surface area contributed by atoms with Gasteiger partial charge < -0.3 is 35.6 Å². The Labute approximate surface area is 168 Å². The van der Waals surface area contributed by atoms with Gasteiger partial charge in [-0.15, -0.1) is 0 Å². The molecule has 0 aliphatic heterocycles. The maximum Gasteiger partial charge on any atom is 0.329 e. The summed E-state index contributed by atoms with van der Waals surface area (Å²) in [6.07, 6.45) is 2.07. The Balaban J connectivity index is 4.24. The van der Waals surface area contributed by atoms with Crippen molar-refractivity contribution in [2.75, 3.05) is 39.5 Å². The van der Waals surface area contributed by atoms with Gasteiger partial charge in [-0.1, -0.05) is 6.92 Å². The van der Waals surface area contributed by atoms with Gasteiger partial charge in [-0.3, -0.25) is 14.4 Å². The summed E-state index contributed by atoms with van der Waals surface area (Å²) in [5.74, 6) is -3.78. The Morgan fingerprint density at radius 1 is 0.793 bits per heavy atom. The minimum Gasteiger partial charge on any atom is -0.480 e. The van der Waals surface area contributed by atoms with Crippen LogP contribution in [0.2, 0.25) is 0 Å². The molecule has 12 heteroatoms. The number of carboxylic acids is 2. The van der Waals surface area contributed by atoms with Crippen LogP contribution >= 0.6 is 0 Å². The number of hydrogen-bond donors (Lipinski definition) is 5. The maximum absolute atomic E-state index is 12.2. The fourth-order valence-electron chi connectivity index (χ4n) is 2.09. The first kappa shape index (κ1) is 26.3. The second kappa shape index (κ2) is 16.2. The minimum atomic E-state index is -1.20. The molecule has 0 aromatic carbocycles. The van der Waals surface area contributed by atoms with Crippen LogP contribution in [0.3, 0.4) is 0 Å². The Hall–Kier alpha value is -2.73. The van der Waals surface area contributed by atoms with Crippen LogP contribution in [-0.2, 0) is 33.4 Å². The molecule has 0 aromatic heterocycles. The van der Waals surface area contributed by atoms with E-state index in [-0.39, 0.29) is 12.5 Å². The van der Waals surface area contributed by atoms with E-state index in [1.165, 1.54) is 0 Å². The molecule has 0 aromatic rings. The molecule has 0 heterocycles. The van der Waals surface area contributed by atoms with Crippen LogP contribution in [0.25, 0.3) is 0 Å². The third kappa shape index (κ3) is 16.0. The van der Waals surface area contributed by atoms with Crippen LogP contribution in [0.4, 0.5) is 0 Å². The Bertz CT molecular complexity index is 554. The summed E-state index contributed by atoms with van der Waals surface area (Å²) in [5.41, 5.74) is 0. The van der Waals surface area contributed by atoms with E-state index in [4.69, 9.17) is 14.9 Å². The van der Waals surface area contributed by atoms with Crippen molar-refractivity contribution in [3.8, 4) is 0 Å². The summed E-state index contributed by atoms with van der Waals surface area (Å²) in [5, 5.41) is 24.6. The van der Waals surface area contributed by atoms with E-state index in [0.29, 0.717) is 32.4 Å². The van der Waals surface area contributed by atoms with E-state index in [2.05, 4.69) is 20.7 Å². The fraction of sp³-hybridized carbons (Fsp3) is 0.706. The number of carbonyl (C=O) groups excluding carboxylic acids is 3. The van der Waals surface area contributed by atoms with Crippen molar-refractivity contribution < 1.29 is 43.7 Å². The zero-order chi connectivity index (χ0) is 22.1. The van der Waals surface area contributed by atoms with Gasteiger partial charge >= 0.3 is 11.9 Å². The third-order valence-corrected chi connectivity index (χ3v) is 3.36. The van der Waals surface area contributed by atoms with Crippen LogP contribution in [0, 0.1) is 0 Å². The molecular weight excluding hydrogens is 390 g/mol. The highest BCUT2D eigenvalue weighted by Gasteiger charge is 2.20. The highest BCUT2D eigenvalue weighted by molar-refractivity contribution is 5.88. The molecule has 0 saturated heterocycles. The molecule has 166 valence electrons. The van der Waals surface area contributed by atoms with Crippen LogP contribution in [0.1, 0.15) is 32.6 Å². The molecule has 0 fully saturated rings. The van der Waals surface area contributed by atoms with E-state index in [1.807, 2.05) is 6.92 Å². The van der Waals surface area contributed by atoms with Crippen molar-refractivity contribution in [3.05, 3.63) is 0 Å². The van der Waals surface area contributed by atoms with Crippen LogP contribution < -0.4 is 16.0 Å². The minimum absolute atomic E-state index is 0.300. The van der Waals surface area contributed by atoms with Gasteiger partial charge in [0.25, 0.3) is 0 Å². The maximum atomic E-state index is 12.2. The molecule has 0 bridgehead atoms. The molecule has 3 amide bonds. The molecule has 0 spiro atoms. The van der Waals surface area contributed by atoms with Crippen molar-refractivity contribution in [1.29, 1.82) is 0 Å². The van der Waals surface area contributed by atoms with Crippen LogP contribution in [0.5, 0.6) is 0 Å². The second-order valence-corrected chi connectivity index (χ2v) is 6.03. The lowest BCUT2D eigenvalue weighted by atomic mass is 10.1. The van der Waals surface area contributed by atoms with Crippen LogP contribution in [-0.4, -0.2) is 85.4 Å². The number of ether oxygens (including phenoxy) is 2. The lowest BCUT2D eigenvalue weighted by molar-refractivity contribution is -0.145. The van der Waals surface area contributed by atoms with Crippen molar-refractivity contribution in [2.24, 2.45) is 0 Å². The van der Waals surface area contributed by atoms with Crippen LogP contribution in [0.15, 0.2) is 0 Å². The number of carbonyl (C=O) groups is 5. The van der Waals surface area contributed by atoms with E-state index in [1.54, 1.807) is 0 Å². The molecule has 0 aliphatic rings. The summed E-state index contributed by atoms with van der Waals surface area (Å²) in [6.45, 7) is 0.628. The van der Waals surface area contributed by atoms with E-state index >= 15 is 0 Å². The normalized spacial score (nSPS) is 11.3. The molecule has 12 nitrogen and oxygen atoms in total. The van der Waals surface area contributed by atoms with Crippen molar-refractivity contribution in [1.82, 2.24) is 16.0 Å². The fourth-order valence-corrected chi connectivity index (χ4v) is 2.09. The monoisotopic (exact) mass is 419 g/mol. The lowest BCUT2D eigenvalue weighted by Gasteiger charge is -2.18. The van der Waals surface area contributed by atoms with Gasteiger partial charge in [-0.05, 0) is 25.7 Å². The highest BCUT2D eigenvalue weighted by Crippen LogP contribution is 2.02. The second-order valence-electron chi connectivity index (χ2n) is 6.03. The number of rotatable bonds is 17. The van der Waals surface area contributed by atoms with Gasteiger partial charge in [0, 0.05) is 13.1 Å². The first-order chi connectivity index (χ1) is 13.8. The third-order valence-electron chi connectivity index (χ3n) is 3.36. The Morgan fingerprint density at radius 2 is 1.38 bits per heavy atom. The average Bonchev–Trinajstić information content (AvgIpc) is 2.64. The number of aliphatic carboxylic acids is 2. The van der Waals surface area contributed by atoms with E-state index < -0.39 is 49.6 Å². The smallest absolute Gasteiger partial charge is 0.329 e. The zero-order valence-electron chi connectivity index (χ0n) is 16.4. The zero-order valence-corrected chi connectivity index (χ0v) is 16.4. The summed E-state index contributed by atoms with van der Waals surface area (Å²) in [6, 6.07) is -0.808. The highest BCUT2D eigenvalue weighted by atomic mass is 16.5. The van der Waals surface area contributed by atoms with E-state index in [9.17, 15) is 24.0 Å². The topological polar surface area (TPSA) is 180 Å². The molecule has 1 unspecified atom stereocenters. The number of hydrogen-bond acceptors (Lipinski definition) is 7. The van der Waals surface area contributed by atoms with Gasteiger partial charge in [0.05, 0.1) is 0 Å². The van der Waals surface area contributed by atoms with Crippen molar-refractivity contribution in [3.63, 3.8) is 0 Å². The van der Waals surface area contributed by atoms with Gasteiger partial charge in [0.15, 0.2) is 0 Å². The predicted octanol–water partition coefficient (Wildman–Crippen LogP) is -1.51. The number of unbranched alkanes of at least 4 members (excludes halogenated alkanes) is 1. The standard InChI is InChI=1S/C17H29N3O9/c1-2-6-19-17(27)12(20-14(22)9-29-11-16(25)26)5-3-4-7-18-13(21)8-28-10-15(23)24/h12H,2-11H2,1H3,(H,18,21)(H,19,27)(H,20,22)(H,23,24)(H,25,26). The van der Waals surface area contributed by atoms with E-state index in [0.717, 1.165) is 6.42 Å². The molecule has 1 atom stereocenters. The Morgan fingerprint density at radius 3 is 1.93 bits per heavy atom. The SMILES string of the molecule is CCCNC(=O)C(CCCCNC(=O)COCC(=O)O)NC(=O)COCC(=O)O. The van der Waals surface area contributed by atoms with Crippen molar-refractivity contribution in [2.45, 2.75) is 38.6 Å². The summed E-state index contributed by atoms with van der Waals surface area (Å²) in [4.78, 5) is 56.1. The Kier molecular flexibility index (Phi) is 14.7. The first-order valence-electron chi connectivity index (χ1n) is 9.19. The molecule has 5 N–H and O–H groups in total. The number of amides is 3. The molecule has 0 rings (SSSR count). The summed E-state index contributed by atoms with van der Waals surface area (Å²) >= 11 is 0.